The summed E-state index contributed by atoms with van der Waals surface area (Å²) in [6.45, 7) is 0.639. The third kappa shape index (κ3) is 2.79. The van der Waals surface area contributed by atoms with Crippen LogP contribution in [0, 0.1) is 0 Å². The van der Waals surface area contributed by atoms with Crippen molar-refractivity contribution in [3.63, 3.8) is 0 Å². The number of benzene rings is 1. The van der Waals surface area contributed by atoms with Gasteiger partial charge < -0.3 is 19.3 Å². The Morgan fingerprint density at radius 1 is 1.36 bits per heavy atom. The topological polar surface area (TPSA) is 83.5 Å². The number of anilines is 1. The lowest BCUT2D eigenvalue weighted by Crippen LogP contribution is -2.31. The fourth-order valence-electron chi connectivity index (χ4n) is 2.46. The van der Waals surface area contributed by atoms with E-state index in [2.05, 4.69) is 30.8 Å². The molecular formula is C14H12BBrN3O3. The number of rotatable bonds is 4. The Kier molecular flexibility index (Phi) is 4.30. The molecule has 8 heteroatoms. The van der Waals surface area contributed by atoms with Crippen LogP contribution in [0.2, 0.25) is 0 Å². The fourth-order valence-corrected chi connectivity index (χ4v) is 2.78. The van der Waals surface area contributed by atoms with E-state index in [0.29, 0.717) is 31.4 Å². The minimum atomic E-state index is -0.0447. The second kappa shape index (κ2) is 6.37. The Morgan fingerprint density at radius 3 is 3.00 bits per heavy atom. The summed E-state index contributed by atoms with van der Waals surface area (Å²) in [7, 11) is 0.610. The normalized spacial score (nSPS) is 13.1. The molecule has 22 heavy (non-hydrogen) atoms. The Hall–Kier alpha value is -2.06. The van der Waals surface area contributed by atoms with Gasteiger partial charge in [0.25, 0.3) is 5.91 Å². The van der Waals surface area contributed by atoms with E-state index in [1.807, 2.05) is 18.2 Å². The molecule has 1 amide bonds. The third-order valence-electron chi connectivity index (χ3n) is 3.48. The Bertz CT molecular complexity index is 726. The summed E-state index contributed by atoms with van der Waals surface area (Å²) in [5.41, 5.74) is 3.41. The molecule has 3 N–H and O–H groups in total. The maximum Gasteiger partial charge on any atom is 0.569 e. The Labute approximate surface area is 136 Å². The third-order valence-corrected chi connectivity index (χ3v) is 3.86. The zero-order chi connectivity index (χ0) is 15.5. The molecular weight excluding hydrogens is 349 g/mol. The van der Waals surface area contributed by atoms with Crippen LogP contribution in [-0.4, -0.2) is 30.1 Å². The summed E-state index contributed by atoms with van der Waals surface area (Å²) in [6, 6.07) is 7.41. The van der Waals surface area contributed by atoms with E-state index < -0.39 is 0 Å². The summed E-state index contributed by atoms with van der Waals surface area (Å²) in [5, 5.41) is 11.6. The lowest BCUT2D eigenvalue weighted by atomic mass is 9.95. The molecule has 1 radical (unpaired) electrons. The Morgan fingerprint density at radius 2 is 2.23 bits per heavy atom. The van der Waals surface area contributed by atoms with Gasteiger partial charge in [0.05, 0.1) is 6.20 Å². The number of carbonyl (C=O) groups excluding carboxylic acids is 1. The second-order valence-corrected chi connectivity index (χ2v) is 5.16. The molecule has 0 atom stereocenters. The highest BCUT2D eigenvalue weighted by molar-refractivity contribution is 9.10. The first-order valence-corrected chi connectivity index (χ1v) is 7.43. The number of carbonyl (C=O) groups is 1. The molecule has 1 aliphatic heterocycles. The van der Waals surface area contributed by atoms with Gasteiger partial charge in [-0.1, -0.05) is 12.1 Å². The number of fused-ring (bicyclic) bond motifs is 1. The van der Waals surface area contributed by atoms with Gasteiger partial charge in [0.1, 0.15) is 11.6 Å². The molecule has 111 valence electrons. The van der Waals surface area contributed by atoms with E-state index >= 15 is 0 Å². The first kappa shape index (κ1) is 14.9. The number of nitrogens with one attached hydrogen (secondary N) is 2. The predicted molar refractivity (Wildman–Crippen MR) is 86.9 cm³/mol. The van der Waals surface area contributed by atoms with Gasteiger partial charge in [-0.25, -0.2) is 4.98 Å². The largest absolute Gasteiger partial charge is 0.569 e. The lowest BCUT2D eigenvalue weighted by Gasteiger charge is -2.18. The van der Waals surface area contributed by atoms with Crippen LogP contribution in [0.5, 0.6) is 5.75 Å². The van der Waals surface area contributed by atoms with Gasteiger partial charge in [-0.3, -0.25) is 4.79 Å². The molecule has 0 fully saturated rings. The van der Waals surface area contributed by atoms with Gasteiger partial charge in [0, 0.05) is 33.8 Å². The summed E-state index contributed by atoms with van der Waals surface area (Å²) >= 11 is 3.18. The fraction of sp³-hybridized carbons (Fsp3) is 0.143. The van der Waals surface area contributed by atoms with Gasteiger partial charge in [0.2, 0.25) is 0 Å². The van der Waals surface area contributed by atoms with E-state index in [1.54, 1.807) is 6.07 Å². The van der Waals surface area contributed by atoms with Crippen LogP contribution < -0.4 is 14.3 Å². The van der Waals surface area contributed by atoms with Crippen molar-refractivity contribution in [2.75, 3.05) is 10.9 Å². The van der Waals surface area contributed by atoms with Crippen molar-refractivity contribution >= 4 is 35.6 Å². The van der Waals surface area contributed by atoms with Gasteiger partial charge in [-0.05, 0) is 29.7 Å². The molecule has 0 bridgehead atoms. The van der Waals surface area contributed by atoms with Crippen molar-refractivity contribution in [1.82, 2.24) is 10.3 Å². The second-order valence-electron chi connectivity index (χ2n) is 4.76. The van der Waals surface area contributed by atoms with Crippen LogP contribution in [0.25, 0.3) is 11.1 Å². The Balaban J connectivity index is 2.06. The highest BCUT2D eigenvalue weighted by atomic mass is 79.9. The number of aromatic nitrogens is 1. The quantitative estimate of drug-likeness (QED) is 0.570. The summed E-state index contributed by atoms with van der Waals surface area (Å²) < 4.78 is 7.80. The SMILES string of the molecule is O=C1NCCc2cc(-c3cc(O[B]O)cnc3NBr)ccc21. The summed E-state index contributed by atoms with van der Waals surface area (Å²) in [5.74, 6) is 0.988. The predicted octanol–water partition coefficient (Wildman–Crippen LogP) is 1.66. The average Bonchev–Trinajstić information content (AvgIpc) is 2.55. The van der Waals surface area contributed by atoms with Gasteiger partial charge in [-0.15, -0.1) is 0 Å². The van der Waals surface area contributed by atoms with Crippen LogP contribution in [0.1, 0.15) is 15.9 Å². The molecule has 2 aromatic rings. The maximum atomic E-state index is 11.8. The van der Waals surface area contributed by atoms with Crippen molar-refractivity contribution in [2.24, 2.45) is 0 Å². The monoisotopic (exact) mass is 360 g/mol. The van der Waals surface area contributed by atoms with Crippen molar-refractivity contribution in [1.29, 1.82) is 0 Å². The molecule has 6 nitrogen and oxygen atoms in total. The zero-order valence-corrected chi connectivity index (χ0v) is 13.1. The van der Waals surface area contributed by atoms with Gasteiger partial charge in [-0.2, -0.15) is 0 Å². The molecule has 1 aromatic carbocycles. The van der Waals surface area contributed by atoms with E-state index in [-0.39, 0.29) is 5.91 Å². The van der Waals surface area contributed by atoms with Crippen LogP contribution >= 0.6 is 16.1 Å². The van der Waals surface area contributed by atoms with E-state index in [4.69, 9.17) is 9.68 Å². The highest BCUT2D eigenvalue weighted by Gasteiger charge is 2.18. The van der Waals surface area contributed by atoms with E-state index in [0.717, 1.165) is 23.1 Å². The van der Waals surface area contributed by atoms with Crippen molar-refractivity contribution < 1.29 is 14.5 Å². The highest BCUT2D eigenvalue weighted by Crippen LogP contribution is 2.32. The van der Waals surface area contributed by atoms with Crippen molar-refractivity contribution in [2.45, 2.75) is 6.42 Å². The van der Waals surface area contributed by atoms with Crippen molar-refractivity contribution in [3.05, 3.63) is 41.6 Å². The van der Waals surface area contributed by atoms with Crippen LogP contribution in [0.15, 0.2) is 30.5 Å². The smallest absolute Gasteiger partial charge is 0.536 e. The minimum absolute atomic E-state index is 0.0447. The number of hydrogen-bond acceptors (Lipinski definition) is 5. The van der Waals surface area contributed by atoms with Crippen LogP contribution in [0.4, 0.5) is 5.82 Å². The van der Waals surface area contributed by atoms with Crippen LogP contribution in [-0.2, 0) is 6.42 Å². The van der Waals surface area contributed by atoms with E-state index in [1.165, 1.54) is 6.20 Å². The molecule has 0 saturated carbocycles. The molecule has 2 heterocycles. The molecule has 3 rings (SSSR count). The number of nitrogens with zero attached hydrogens (tertiary/aromatic N) is 1. The number of halogens is 1. The summed E-state index contributed by atoms with van der Waals surface area (Å²) in [6.07, 6.45) is 2.28. The molecule has 1 aliphatic rings. The lowest BCUT2D eigenvalue weighted by molar-refractivity contribution is 0.0946. The number of pyridine rings is 1. The standard InChI is InChI=1S/C14H12BBrN3O3/c16-19-13-12(6-10(7-18-13)22-15-21)8-1-2-11-9(5-8)3-4-17-14(11)20/h1-2,5-7,21H,3-4H2,(H,17,20)(H,18,19). The van der Waals surface area contributed by atoms with Gasteiger partial charge >= 0.3 is 7.69 Å². The zero-order valence-electron chi connectivity index (χ0n) is 11.5. The van der Waals surface area contributed by atoms with Crippen LogP contribution in [0.3, 0.4) is 0 Å². The minimum Gasteiger partial charge on any atom is -0.536 e. The summed E-state index contributed by atoms with van der Waals surface area (Å²) in [4.78, 5) is 16.0. The molecule has 0 spiro atoms. The maximum absolute atomic E-state index is 11.8. The molecule has 0 saturated heterocycles. The number of amides is 1. The molecule has 1 aromatic heterocycles. The average molecular weight is 361 g/mol. The number of hydrogen-bond donors (Lipinski definition) is 3. The van der Waals surface area contributed by atoms with Gasteiger partial charge in [0.15, 0.2) is 0 Å². The molecule has 0 unspecified atom stereocenters. The first-order chi connectivity index (χ1) is 10.7. The van der Waals surface area contributed by atoms with E-state index in [9.17, 15) is 4.79 Å². The molecule has 0 aliphatic carbocycles. The van der Waals surface area contributed by atoms with Crippen molar-refractivity contribution in [3.8, 4) is 16.9 Å². The first-order valence-electron chi connectivity index (χ1n) is 6.63.